The Morgan fingerprint density at radius 1 is 1.00 bits per heavy atom. The predicted octanol–water partition coefficient (Wildman–Crippen LogP) is 1.82. The van der Waals surface area contributed by atoms with Crippen LogP contribution in [-0.2, 0) is 0 Å². The first kappa shape index (κ1) is 12.2. The van der Waals surface area contributed by atoms with Gasteiger partial charge in [0, 0.05) is 0 Å². The average molecular weight is 236 g/mol. The van der Waals surface area contributed by atoms with E-state index in [1.54, 1.807) is 0 Å². The molecule has 1 rings (SSSR count). The fraction of sp³-hybridized carbons (Fsp3) is 0.222. The maximum Gasteiger partial charge on any atom is 0.342 e. The van der Waals surface area contributed by atoms with Gasteiger partial charge in [0.15, 0.2) is 17.3 Å². The summed E-state index contributed by atoms with van der Waals surface area (Å²) in [6.07, 6.45) is 0. The molecular formula is C9H7F3O4. The van der Waals surface area contributed by atoms with Crippen LogP contribution in [0.2, 0.25) is 0 Å². The Labute approximate surface area is 88.2 Å². The standard InChI is InChI=1S/C9H7F3O4/c1-15-7-3(9(13)14)4(10)8(16-2)6(12)5(7)11/h1-2H3,(H,13,14). The first-order valence-electron chi connectivity index (χ1n) is 3.97. The Morgan fingerprint density at radius 2 is 1.44 bits per heavy atom. The Morgan fingerprint density at radius 3 is 1.81 bits per heavy atom. The van der Waals surface area contributed by atoms with Crippen LogP contribution in [-0.4, -0.2) is 25.3 Å². The molecule has 0 heterocycles. The Bertz CT molecular complexity index is 445. The molecule has 0 radical (unpaired) electrons. The smallest absolute Gasteiger partial charge is 0.342 e. The molecule has 0 saturated heterocycles. The van der Waals surface area contributed by atoms with E-state index in [2.05, 4.69) is 9.47 Å². The summed E-state index contributed by atoms with van der Waals surface area (Å²) in [4.78, 5) is 10.7. The van der Waals surface area contributed by atoms with E-state index in [0.717, 1.165) is 14.2 Å². The minimum Gasteiger partial charge on any atom is -0.493 e. The Hall–Kier alpha value is -1.92. The summed E-state index contributed by atoms with van der Waals surface area (Å²) in [5.74, 6) is -8.67. The third kappa shape index (κ3) is 1.64. The van der Waals surface area contributed by atoms with Crippen LogP contribution in [0.3, 0.4) is 0 Å². The van der Waals surface area contributed by atoms with Gasteiger partial charge in [0.2, 0.25) is 11.6 Å². The molecule has 1 aromatic rings. The summed E-state index contributed by atoms with van der Waals surface area (Å²) in [5.41, 5.74) is -1.11. The van der Waals surface area contributed by atoms with Crippen LogP contribution < -0.4 is 9.47 Å². The van der Waals surface area contributed by atoms with E-state index in [-0.39, 0.29) is 0 Å². The first-order chi connectivity index (χ1) is 7.45. The summed E-state index contributed by atoms with van der Waals surface area (Å²) >= 11 is 0. The van der Waals surface area contributed by atoms with Crippen molar-refractivity contribution in [2.75, 3.05) is 14.2 Å². The molecule has 0 saturated carbocycles. The quantitative estimate of drug-likeness (QED) is 0.813. The summed E-state index contributed by atoms with van der Waals surface area (Å²) < 4.78 is 48.3. The maximum atomic E-state index is 13.4. The van der Waals surface area contributed by atoms with Gasteiger partial charge in [-0.1, -0.05) is 0 Å². The van der Waals surface area contributed by atoms with Crippen LogP contribution >= 0.6 is 0 Å². The van der Waals surface area contributed by atoms with Crippen LogP contribution in [0.1, 0.15) is 10.4 Å². The number of benzene rings is 1. The lowest BCUT2D eigenvalue weighted by molar-refractivity contribution is 0.0685. The Kier molecular flexibility index (Phi) is 3.26. The number of methoxy groups -OCH3 is 2. The lowest BCUT2D eigenvalue weighted by atomic mass is 10.1. The molecule has 0 aliphatic rings. The molecule has 0 spiro atoms. The van der Waals surface area contributed by atoms with Gasteiger partial charge < -0.3 is 14.6 Å². The fourth-order valence-electron chi connectivity index (χ4n) is 1.18. The van der Waals surface area contributed by atoms with E-state index in [4.69, 9.17) is 5.11 Å². The van der Waals surface area contributed by atoms with Crippen LogP contribution in [0.25, 0.3) is 0 Å². The van der Waals surface area contributed by atoms with Gasteiger partial charge in [-0.3, -0.25) is 0 Å². The highest BCUT2D eigenvalue weighted by Crippen LogP contribution is 2.35. The fourth-order valence-corrected chi connectivity index (χ4v) is 1.18. The van der Waals surface area contributed by atoms with E-state index in [9.17, 15) is 18.0 Å². The molecule has 0 bridgehead atoms. The highest BCUT2D eigenvalue weighted by molar-refractivity contribution is 5.92. The van der Waals surface area contributed by atoms with Crippen LogP contribution in [0.15, 0.2) is 0 Å². The van der Waals surface area contributed by atoms with Crippen molar-refractivity contribution in [1.82, 2.24) is 0 Å². The Balaban J connectivity index is 3.71. The van der Waals surface area contributed by atoms with Gasteiger partial charge in [0.25, 0.3) is 0 Å². The monoisotopic (exact) mass is 236 g/mol. The van der Waals surface area contributed by atoms with Crippen molar-refractivity contribution < 1.29 is 32.5 Å². The van der Waals surface area contributed by atoms with Crippen LogP contribution in [0.4, 0.5) is 13.2 Å². The van der Waals surface area contributed by atoms with Crippen LogP contribution in [0.5, 0.6) is 11.5 Å². The molecule has 16 heavy (non-hydrogen) atoms. The molecule has 0 atom stereocenters. The van der Waals surface area contributed by atoms with Gasteiger partial charge in [0.05, 0.1) is 14.2 Å². The van der Waals surface area contributed by atoms with E-state index in [1.165, 1.54) is 0 Å². The predicted molar refractivity (Wildman–Crippen MR) is 46.4 cm³/mol. The molecule has 0 amide bonds. The molecule has 4 nitrogen and oxygen atoms in total. The molecule has 1 N–H and O–H groups in total. The molecule has 7 heteroatoms. The zero-order valence-corrected chi connectivity index (χ0v) is 8.31. The maximum absolute atomic E-state index is 13.4. The number of ether oxygens (including phenoxy) is 2. The third-order valence-electron chi connectivity index (χ3n) is 1.86. The van der Waals surface area contributed by atoms with Crippen molar-refractivity contribution in [3.63, 3.8) is 0 Å². The summed E-state index contributed by atoms with van der Waals surface area (Å²) in [6, 6.07) is 0. The number of carbonyl (C=O) groups is 1. The molecule has 0 fully saturated rings. The molecule has 0 unspecified atom stereocenters. The molecule has 88 valence electrons. The van der Waals surface area contributed by atoms with Gasteiger partial charge in [-0.25, -0.2) is 9.18 Å². The number of carboxylic acids is 1. The van der Waals surface area contributed by atoms with Gasteiger partial charge in [-0.15, -0.1) is 0 Å². The number of rotatable bonds is 3. The number of hydrogen-bond acceptors (Lipinski definition) is 3. The summed E-state index contributed by atoms with van der Waals surface area (Å²) in [6.45, 7) is 0. The van der Waals surface area contributed by atoms with Crippen molar-refractivity contribution in [1.29, 1.82) is 0 Å². The lowest BCUT2D eigenvalue weighted by Gasteiger charge is -2.11. The topological polar surface area (TPSA) is 55.8 Å². The molecular weight excluding hydrogens is 229 g/mol. The normalized spacial score (nSPS) is 10.1. The minimum absolute atomic E-state index is 0.888. The number of hydrogen-bond donors (Lipinski definition) is 1. The zero-order valence-electron chi connectivity index (χ0n) is 8.31. The van der Waals surface area contributed by atoms with E-state index >= 15 is 0 Å². The SMILES string of the molecule is COc1c(F)c(F)c(OC)c(C(=O)O)c1F. The number of halogens is 3. The number of aromatic carboxylic acids is 1. The van der Waals surface area contributed by atoms with E-state index < -0.39 is 40.5 Å². The van der Waals surface area contributed by atoms with Crippen molar-refractivity contribution in [3.05, 3.63) is 23.0 Å². The molecule has 0 aliphatic carbocycles. The van der Waals surface area contributed by atoms with Gasteiger partial charge in [0.1, 0.15) is 5.56 Å². The van der Waals surface area contributed by atoms with E-state index in [0.29, 0.717) is 0 Å². The average Bonchev–Trinajstić information content (AvgIpc) is 2.23. The molecule has 0 aromatic heterocycles. The van der Waals surface area contributed by atoms with Gasteiger partial charge in [-0.2, -0.15) is 8.78 Å². The van der Waals surface area contributed by atoms with Gasteiger partial charge >= 0.3 is 5.97 Å². The minimum atomic E-state index is -1.79. The first-order valence-corrected chi connectivity index (χ1v) is 3.97. The van der Waals surface area contributed by atoms with Crippen LogP contribution in [0, 0.1) is 17.5 Å². The second kappa shape index (κ2) is 4.30. The highest BCUT2D eigenvalue weighted by atomic mass is 19.2. The lowest BCUT2D eigenvalue weighted by Crippen LogP contribution is -2.10. The largest absolute Gasteiger partial charge is 0.493 e. The summed E-state index contributed by atoms with van der Waals surface area (Å²) in [7, 11) is 1.79. The zero-order chi connectivity index (χ0) is 12.5. The molecule has 1 aromatic carbocycles. The number of carboxylic acid groups (broad SMARTS) is 1. The van der Waals surface area contributed by atoms with Gasteiger partial charge in [-0.05, 0) is 0 Å². The van der Waals surface area contributed by atoms with Crippen molar-refractivity contribution in [2.45, 2.75) is 0 Å². The highest BCUT2D eigenvalue weighted by Gasteiger charge is 2.30. The third-order valence-corrected chi connectivity index (χ3v) is 1.86. The van der Waals surface area contributed by atoms with Crippen molar-refractivity contribution >= 4 is 5.97 Å². The van der Waals surface area contributed by atoms with Crippen molar-refractivity contribution in [2.24, 2.45) is 0 Å². The molecule has 0 aliphatic heterocycles. The summed E-state index contributed by atoms with van der Waals surface area (Å²) in [5, 5.41) is 8.65. The second-order valence-corrected chi connectivity index (χ2v) is 2.69. The van der Waals surface area contributed by atoms with E-state index in [1.807, 2.05) is 0 Å². The van der Waals surface area contributed by atoms with Crippen molar-refractivity contribution in [3.8, 4) is 11.5 Å². The second-order valence-electron chi connectivity index (χ2n) is 2.69.